The summed E-state index contributed by atoms with van der Waals surface area (Å²) in [6.07, 6.45) is 0. The van der Waals surface area contributed by atoms with Crippen LogP contribution in [0.1, 0.15) is 26.3 Å². The van der Waals surface area contributed by atoms with Crippen LogP contribution in [0.25, 0.3) is 0 Å². The third-order valence-corrected chi connectivity index (χ3v) is 4.64. The van der Waals surface area contributed by atoms with Gasteiger partial charge in [0, 0.05) is 18.0 Å². The highest BCUT2D eigenvalue weighted by Gasteiger charge is 2.16. The van der Waals surface area contributed by atoms with Crippen molar-refractivity contribution in [3.63, 3.8) is 0 Å². The van der Waals surface area contributed by atoms with Crippen molar-refractivity contribution in [1.29, 1.82) is 0 Å². The summed E-state index contributed by atoms with van der Waals surface area (Å²) < 4.78 is 6.29. The Bertz CT molecular complexity index is 430. The summed E-state index contributed by atoms with van der Waals surface area (Å²) in [6, 6.07) is 8.73. The Hall–Kier alpha value is -0.580. The van der Waals surface area contributed by atoms with Crippen LogP contribution >= 0.6 is 24.0 Å². The number of morpholine rings is 1. The van der Waals surface area contributed by atoms with Crippen molar-refractivity contribution in [3.8, 4) is 0 Å². The van der Waals surface area contributed by atoms with E-state index in [1.807, 2.05) is 0 Å². The first-order chi connectivity index (χ1) is 8.97. The predicted octanol–water partition coefficient (Wildman–Crippen LogP) is 3.69. The van der Waals surface area contributed by atoms with Gasteiger partial charge in [0.1, 0.15) is 4.32 Å². The number of ether oxygens (including phenoxy) is 1. The Balaban J connectivity index is 1.97. The van der Waals surface area contributed by atoms with E-state index in [0.29, 0.717) is 0 Å². The highest BCUT2D eigenvalue weighted by atomic mass is 32.2. The first kappa shape index (κ1) is 14.8. The number of thiocarbonyl (C=S) groups is 1. The molecule has 1 aliphatic rings. The molecule has 1 fully saturated rings. The number of rotatable bonds is 1. The molecule has 0 radical (unpaired) electrons. The molecule has 104 valence electrons. The molecule has 1 saturated heterocycles. The van der Waals surface area contributed by atoms with Crippen LogP contribution in [0, 0.1) is 0 Å². The summed E-state index contributed by atoms with van der Waals surface area (Å²) in [5.74, 6) is 0. The van der Waals surface area contributed by atoms with E-state index in [2.05, 4.69) is 49.9 Å². The van der Waals surface area contributed by atoms with Crippen molar-refractivity contribution in [1.82, 2.24) is 4.90 Å². The van der Waals surface area contributed by atoms with Crippen LogP contribution in [0.4, 0.5) is 0 Å². The zero-order valence-electron chi connectivity index (χ0n) is 11.8. The van der Waals surface area contributed by atoms with Crippen molar-refractivity contribution >= 4 is 28.3 Å². The molecule has 2 nitrogen and oxygen atoms in total. The van der Waals surface area contributed by atoms with Crippen LogP contribution in [0.2, 0.25) is 0 Å². The van der Waals surface area contributed by atoms with Crippen molar-refractivity contribution < 1.29 is 4.74 Å². The smallest absolute Gasteiger partial charge is 0.141 e. The van der Waals surface area contributed by atoms with Crippen LogP contribution in [0.15, 0.2) is 29.2 Å². The fraction of sp³-hybridized carbons (Fsp3) is 0.533. The van der Waals surface area contributed by atoms with Crippen LogP contribution in [0.5, 0.6) is 0 Å². The molecular formula is C15H21NOS2. The highest BCUT2D eigenvalue weighted by molar-refractivity contribution is 8.22. The summed E-state index contributed by atoms with van der Waals surface area (Å²) in [5.41, 5.74) is 1.56. The lowest BCUT2D eigenvalue weighted by molar-refractivity contribution is 0.0702. The molecule has 2 rings (SSSR count). The van der Waals surface area contributed by atoms with E-state index in [1.165, 1.54) is 10.5 Å². The van der Waals surface area contributed by atoms with Gasteiger partial charge < -0.3 is 9.64 Å². The molecule has 0 aliphatic carbocycles. The van der Waals surface area contributed by atoms with Gasteiger partial charge in [-0.2, -0.15) is 0 Å². The van der Waals surface area contributed by atoms with Gasteiger partial charge in [-0.15, -0.1) is 0 Å². The summed E-state index contributed by atoms with van der Waals surface area (Å²) >= 11 is 7.17. The van der Waals surface area contributed by atoms with E-state index in [-0.39, 0.29) is 5.41 Å². The molecule has 0 saturated carbocycles. The van der Waals surface area contributed by atoms with Crippen LogP contribution in [0.3, 0.4) is 0 Å². The molecule has 19 heavy (non-hydrogen) atoms. The fourth-order valence-electron chi connectivity index (χ4n) is 1.93. The molecule has 0 bridgehead atoms. The molecule has 4 heteroatoms. The number of hydrogen-bond acceptors (Lipinski definition) is 3. The summed E-state index contributed by atoms with van der Waals surface area (Å²) in [7, 11) is 0. The first-order valence-corrected chi connectivity index (χ1v) is 7.84. The average molecular weight is 295 g/mol. The summed E-state index contributed by atoms with van der Waals surface area (Å²) in [5, 5.41) is 0. The lowest BCUT2D eigenvalue weighted by Crippen LogP contribution is -2.38. The number of nitrogens with zero attached hydrogens (tertiary/aromatic N) is 1. The second kappa shape index (κ2) is 6.25. The van der Waals surface area contributed by atoms with E-state index < -0.39 is 0 Å². The minimum absolute atomic E-state index is 0.202. The van der Waals surface area contributed by atoms with Gasteiger partial charge in [-0.25, -0.2) is 0 Å². The van der Waals surface area contributed by atoms with Gasteiger partial charge in [0.2, 0.25) is 0 Å². The summed E-state index contributed by atoms with van der Waals surface area (Å²) in [4.78, 5) is 3.44. The minimum Gasteiger partial charge on any atom is -0.378 e. The lowest BCUT2D eigenvalue weighted by Gasteiger charge is -2.28. The molecule has 0 aromatic heterocycles. The average Bonchev–Trinajstić information content (AvgIpc) is 2.39. The fourth-order valence-corrected chi connectivity index (χ4v) is 3.19. The largest absolute Gasteiger partial charge is 0.378 e. The second-order valence-electron chi connectivity index (χ2n) is 5.74. The van der Waals surface area contributed by atoms with Crippen molar-refractivity contribution in [2.75, 3.05) is 26.3 Å². The SMILES string of the molecule is CC(C)(C)c1ccc(SC(=S)N2CCOCC2)cc1. The topological polar surface area (TPSA) is 12.5 Å². The Morgan fingerprint density at radius 3 is 2.26 bits per heavy atom. The van der Waals surface area contributed by atoms with Crippen molar-refractivity contribution in [2.24, 2.45) is 0 Å². The van der Waals surface area contributed by atoms with Crippen LogP contribution in [-0.4, -0.2) is 35.5 Å². The van der Waals surface area contributed by atoms with Gasteiger partial charge in [0.05, 0.1) is 13.2 Å². The van der Waals surface area contributed by atoms with Crippen molar-refractivity contribution in [2.45, 2.75) is 31.1 Å². The van der Waals surface area contributed by atoms with Crippen molar-refractivity contribution in [3.05, 3.63) is 29.8 Å². The monoisotopic (exact) mass is 295 g/mol. The van der Waals surface area contributed by atoms with E-state index in [0.717, 1.165) is 30.6 Å². The van der Waals surface area contributed by atoms with Gasteiger partial charge in [0.15, 0.2) is 0 Å². The minimum atomic E-state index is 0.202. The predicted molar refractivity (Wildman–Crippen MR) is 86.0 cm³/mol. The first-order valence-electron chi connectivity index (χ1n) is 6.62. The Kier molecular flexibility index (Phi) is 4.87. The third kappa shape index (κ3) is 4.20. The number of thioether (sulfide) groups is 1. The zero-order valence-corrected chi connectivity index (χ0v) is 13.4. The Labute approximate surface area is 125 Å². The summed E-state index contributed by atoms with van der Waals surface area (Å²) in [6.45, 7) is 10.1. The van der Waals surface area contributed by atoms with E-state index in [4.69, 9.17) is 17.0 Å². The van der Waals surface area contributed by atoms with Gasteiger partial charge in [-0.3, -0.25) is 0 Å². The van der Waals surface area contributed by atoms with Gasteiger partial charge in [-0.05, 0) is 23.1 Å². The highest BCUT2D eigenvalue weighted by Crippen LogP contribution is 2.27. The maximum Gasteiger partial charge on any atom is 0.141 e. The second-order valence-corrected chi connectivity index (χ2v) is 7.45. The van der Waals surface area contributed by atoms with Gasteiger partial charge >= 0.3 is 0 Å². The third-order valence-electron chi connectivity index (χ3n) is 3.19. The molecular weight excluding hydrogens is 274 g/mol. The van der Waals surface area contributed by atoms with E-state index in [9.17, 15) is 0 Å². The molecule has 1 aliphatic heterocycles. The maximum absolute atomic E-state index is 5.50. The van der Waals surface area contributed by atoms with Gasteiger partial charge in [0.25, 0.3) is 0 Å². The molecule has 0 N–H and O–H groups in total. The Morgan fingerprint density at radius 1 is 1.16 bits per heavy atom. The van der Waals surface area contributed by atoms with Crippen LogP contribution < -0.4 is 0 Å². The molecule has 1 heterocycles. The van der Waals surface area contributed by atoms with Gasteiger partial charge in [-0.1, -0.05) is 56.9 Å². The molecule has 0 amide bonds. The van der Waals surface area contributed by atoms with Crippen LogP contribution in [-0.2, 0) is 10.2 Å². The number of hydrogen-bond donors (Lipinski definition) is 0. The maximum atomic E-state index is 5.50. The quantitative estimate of drug-likeness (QED) is 0.578. The van der Waals surface area contributed by atoms with E-state index >= 15 is 0 Å². The number of benzene rings is 1. The standard InChI is InChI=1S/C15H21NOS2/c1-15(2,3)12-4-6-13(7-5-12)19-14(18)16-8-10-17-11-9-16/h4-7H,8-11H2,1-3H3. The molecule has 0 unspecified atom stereocenters. The van der Waals surface area contributed by atoms with E-state index in [1.54, 1.807) is 11.8 Å². The molecule has 1 aromatic rings. The molecule has 0 atom stereocenters. The molecule has 1 aromatic carbocycles. The Morgan fingerprint density at radius 2 is 1.74 bits per heavy atom. The molecule has 0 spiro atoms. The normalized spacial score (nSPS) is 16.5. The zero-order chi connectivity index (χ0) is 13.9. The lowest BCUT2D eigenvalue weighted by atomic mass is 9.87.